The Bertz CT molecular complexity index is 1090. The van der Waals surface area contributed by atoms with Crippen molar-refractivity contribution < 1.29 is 18.7 Å². The largest absolute Gasteiger partial charge is 0.489 e. The second-order valence-corrected chi connectivity index (χ2v) is 7.35. The molecule has 0 unspecified atom stereocenters. The molecule has 0 N–H and O–H groups in total. The number of rotatable bonds is 9. The minimum Gasteiger partial charge on any atom is -0.489 e. The van der Waals surface area contributed by atoms with E-state index in [1.54, 1.807) is 30.3 Å². The van der Waals surface area contributed by atoms with Gasteiger partial charge < -0.3 is 9.64 Å². The molecule has 0 radical (unpaired) electrons. The minimum absolute atomic E-state index is 0.183. The van der Waals surface area contributed by atoms with Gasteiger partial charge in [-0.1, -0.05) is 17.7 Å². The third-order valence-electron chi connectivity index (χ3n) is 4.87. The van der Waals surface area contributed by atoms with Crippen LogP contribution >= 0.6 is 11.6 Å². The molecule has 0 saturated heterocycles. The molecule has 0 spiro atoms. The molecule has 31 heavy (non-hydrogen) atoms. The number of aromatic nitrogens is 2. The van der Waals surface area contributed by atoms with Crippen LogP contribution < -0.4 is 9.64 Å². The predicted octanol–water partition coefficient (Wildman–Crippen LogP) is 4.31. The molecule has 3 rings (SSSR count). The number of carbonyl (C=O) groups excluding carboxylic acids is 2. The highest BCUT2D eigenvalue weighted by Crippen LogP contribution is 2.34. The zero-order valence-corrected chi connectivity index (χ0v) is 17.9. The lowest BCUT2D eigenvalue weighted by Crippen LogP contribution is -2.25. The number of hydrogen-bond acceptors (Lipinski definition) is 6. The van der Waals surface area contributed by atoms with Crippen molar-refractivity contribution in [3.8, 4) is 5.75 Å². The van der Waals surface area contributed by atoms with Crippen LogP contribution in [0.5, 0.6) is 5.75 Å². The van der Waals surface area contributed by atoms with Crippen LogP contribution in [0.15, 0.2) is 42.7 Å². The number of pyridine rings is 2. The van der Waals surface area contributed by atoms with Gasteiger partial charge in [0, 0.05) is 19.4 Å². The summed E-state index contributed by atoms with van der Waals surface area (Å²) in [6.45, 7) is 2.38. The first-order valence-corrected chi connectivity index (χ1v) is 9.94. The molecule has 1 aromatic carbocycles. The zero-order valence-electron chi connectivity index (χ0n) is 17.1. The highest BCUT2D eigenvalue weighted by Gasteiger charge is 2.17. The van der Waals surface area contributed by atoms with Crippen LogP contribution in [-0.4, -0.2) is 42.7 Å². The SMILES string of the molecule is Cc1c(Cc2ccc(C=O)nc2)cc(C=O)c(OCCN(C)c2ncccc2F)c1Cl. The highest BCUT2D eigenvalue weighted by atomic mass is 35.5. The van der Waals surface area contributed by atoms with Crippen LogP contribution in [0.25, 0.3) is 0 Å². The van der Waals surface area contributed by atoms with Gasteiger partial charge in [0.2, 0.25) is 0 Å². The summed E-state index contributed by atoms with van der Waals surface area (Å²) in [5.41, 5.74) is 3.20. The maximum atomic E-state index is 13.9. The van der Waals surface area contributed by atoms with Crippen LogP contribution in [-0.2, 0) is 6.42 Å². The van der Waals surface area contributed by atoms with E-state index in [1.165, 1.54) is 18.3 Å². The average molecular weight is 442 g/mol. The van der Waals surface area contributed by atoms with E-state index in [0.717, 1.165) is 16.7 Å². The van der Waals surface area contributed by atoms with E-state index in [1.807, 2.05) is 13.0 Å². The van der Waals surface area contributed by atoms with Gasteiger partial charge in [0.05, 0.1) is 17.1 Å². The first-order chi connectivity index (χ1) is 14.9. The number of likely N-dealkylation sites (N-methyl/N-ethyl adjacent to an activating group) is 1. The molecule has 6 nitrogen and oxygen atoms in total. The highest BCUT2D eigenvalue weighted by molar-refractivity contribution is 6.33. The summed E-state index contributed by atoms with van der Waals surface area (Å²) in [4.78, 5) is 32.2. The smallest absolute Gasteiger partial charge is 0.168 e. The van der Waals surface area contributed by atoms with E-state index in [9.17, 15) is 14.0 Å². The van der Waals surface area contributed by atoms with Gasteiger partial charge in [0.15, 0.2) is 24.2 Å². The molecule has 0 bridgehead atoms. The maximum Gasteiger partial charge on any atom is 0.168 e. The van der Waals surface area contributed by atoms with Crippen molar-refractivity contribution in [2.75, 3.05) is 25.1 Å². The molecule has 0 aliphatic rings. The van der Waals surface area contributed by atoms with Gasteiger partial charge in [-0.25, -0.2) is 9.37 Å². The van der Waals surface area contributed by atoms with Crippen LogP contribution in [0.4, 0.5) is 10.2 Å². The van der Waals surface area contributed by atoms with Crippen LogP contribution in [0.3, 0.4) is 0 Å². The van der Waals surface area contributed by atoms with E-state index in [-0.39, 0.29) is 12.4 Å². The van der Waals surface area contributed by atoms with Gasteiger partial charge in [-0.2, -0.15) is 0 Å². The standard InChI is InChI=1S/C23H21ClFN3O3/c1-15-17(10-16-5-6-19(14-30)27-12-16)11-18(13-29)22(21(15)24)31-9-8-28(2)23-20(25)4-3-7-26-23/h3-7,11-14H,8-10H2,1-2H3. The summed E-state index contributed by atoms with van der Waals surface area (Å²) in [6.07, 6.45) is 5.01. The summed E-state index contributed by atoms with van der Waals surface area (Å²) in [5, 5.41) is 0.351. The Labute approximate surface area is 184 Å². The Hall–Kier alpha value is -3.32. The van der Waals surface area contributed by atoms with E-state index >= 15 is 0 Å². The summed E-state index contributed by atoms with van der Waals surface area (Å²) < 4.78 is 19.7. The second kappa shape index (κ2) is 10.1. The number of anilines is 1. The number of ether oxygens (including phenoxy) is 1. The fraction of sp³-hybridized carbons (Fsp3) is 0.217. The monoisotopic (exact) mass is 441 g/mol. The van der Waals surface area contributed by atoms with Crippen molar-refractivity contribution >= 4 is 30.0 Å². The first kappa shape index (κ1) is 22.4. The molecule has 0 aliphatic carbocycles. The number of carbonyl (C=O) groups is 2. The van der Waals surface area contributed by atoms with Crippen LogP contribution in [0.2, 0.25) is 5.02 Å². The third kappa shape index (κ3) is 5.24. The average Bonchev–Trinajstić information content (AvgIpc) is 2.79. The quantitative estimate of drug-likeness (QED) is 0.461. The summed E-state index contributed by atoms with van der Waals surface area (Å²) >= 11 is 6.52. The lowest BCUT2D eigenvalue weighted by atomic mass is 9.98. The van der Waals surface area contributed by atoms with Gasteiger partial charge in [-0.15, -0.1) is 0 Å². The Morgan fingerprint density at radius 1 is 1.19 bits per heavy atom. The molecule has 0 saturated carbocycles. The van der Waals surface area contributed by atoms with Crippen LogP contribution in [0, 0.1) is 12.7 Å². The Balaban J connectivity index is 1.75. The molecule has 3 aromatic rings. The molecule has 2 heterocycles. The van der Waals surface area contributed by atoms with Crippen molar-refractivity contribution in [3.63, 3.8) is 0 Å². The third-order valence-corrected chi connectivity index (χ3v) is 5.32. The van der Waals surface area contributed by atoms with Gasteiger partial charge >= 0.3 is 0 Å². The number of hydrogen-bond donors (Lipinski definition) is 0. The van der Waals surface area contributed by atoms with Gasteiger partial charge in [0.25, 0.3) is 0 Å². The molecule has 0 amide bonds. The molecule has 2 aromatic heterocycles. The van der Waals surface area contributed by atoms with Gasteiger partial charge in [-0.05, 0) is 54.3 Å². The van der Waals surface area contributed by atoms with Crippen molar-refractivity contribution in [2.45, 2.75) is 13.3 Å². The topological polar surface area (TPSA) is 72.4 Å². The summed E-state index contributed by atoms with van der Waals surface area (Å²) in [7, 11) is 1.70. The first-order valence-electron chi connectivity index (χ1n) is 9.56. The normalized spacial score (nSPS) is 10.6. The molecular weight excluding hydrogens is 421 g/mol. The fourth-order valence-electron chi connectivity index (χ4n) is 3.10. The summed E-state index contributed by atoms with van der Waals surface area (Å²) in [6, 6.07) is 8.04. The Kier molecular flexibility index (Phi) is 7.31. The maximum absolute atomic E-state index is 13.9. The van der Waals surface area contributed by atoms with E-state index in [0.29, 0.717) is 47.6 Å². The van der Waals surface area contributed by atoms with E-state index in [2.05, 4.69) is 9.97 Å². The van der Waals surface area contributed by atoms with Crippen molar-refractivity contribution in [3.05, 3.63) is 81.5 Å². The fourth-order valence-corrected chi connectivity index (χ4v) is 3.38. The molecule has 8 heteroatoms. The second-order valence-electron chi connectivity index (χ2n) is 6.98. The molecule has 0 aliphatic heterocycles. The van der Waals surface area contributed by atoms with Crippen molar-refractivity contribution in [1.29, 1.82) is 0 Å². The minimum atomic E-state index is -0.424. The molecule has 0 atom stereocenters. The molecule has 0 fully saturated rings. The lowest BCUT2D eigenvalue weighted by Gasteiger charge is -2.20. The van der Waals surface area contributed by atoms with Crippen LogP contribution in [0.1, 0.15) is 37.5 Å². The lowest BCUT2D eigenvalue weighted by molar-refractivity contribution is 0.111. The Morgan fingerprint density at radius 2 is 2.00 bits per heavy atom. The number of nitrogens with zero attached hydrogens (tertiary/aromatic N) is 3. The van der Waals surface area contributed by atoms with Crippen molar-refractivity contribution in [2.24, 2.45) is 0 Å². The van der Waals surface area contributed by atoms with Gasteiger partial charge in [0.1, 0.15) is 18.1 Å². The van der Waals surface area contributed by atoms with Crippen molar-refractivity contribution in [1.82, 2.24) is 9.97 Å². The van der Waals surface area contributed by atoms with E-state index < -0.39 is 5.82 Å². The molecule has 160 valence electrons. The zero-order chi connectivity index (χ0) is 22.4. The number of aldehydes is 2. The summed E-state index contributed by atoms with van der Waals surface area (Å²) in [5.74, 6) is 0.0863. The van der Waals surface area contributed by atoms with Gasteiger partial charge in [-0.3, -0.25) is 14.6 Å². The number of halogens is 2. The van der Waals surface area contributed by atoms with E-state index in [4.69, 9.17) is 16.3 Å². The molecular formula is C23H21ClFN3O3. The number of benzene rings is 1. The predicted molar refractivity (Wildman–Crippen MR) is 117 cm³/mol. The Morgan fingerprint density at radius 3 is 2.65 bits per heavy atom.